The van der Waals surface area contributed by atoms with Crippen molar-refractivity contribution in [3.8, 4) is 0 Å². The van der Waals surface area contributed by atoms with Crippen molar-refractivity contribution in [3.05, 3.63) is 35.4 Å². The van der Waals surface area contributed by atoms with Gasteiger partial charge in [0, 0.05) is 32.0 Å². The van der Waals surface area contributed by atoms with Crippen molar-refractivity contribution in [2.45, 2.75) is 26.2 Å². The molecule has 1 N–H and O–H groups in total. The van der Waals surface area contributed by atoms with Crippen LogP contribution in [-0.2, 0) is 13.5 Å². The number of carbonyl (C=O) groups is 1. The Morgan fingerprint density at radius 2 is 2.33 bits per heavy atom. The van der Waals surface area contributed by atoms with Gasteiger partial charge < -0.3 is 4.90 Å². The van der Waals surface area contributed by atoms with Crippen molar-refractivity contribution in [1.82, 2.24) is 24.9 Å². The van der Waals surface area contributed by atoms with Gasteiger partial charge in [0.05, 0.1) is 18.0 Å². The molecule has 1 saturated heterocycles. The highest BCUT2D eigenvalue weighted by atomic mass is 16.2. The maximum atomic E-state index is 12.5. The molecule has 2 aromatic rings. The third-order valence-corrected chi connectivity index (χ3v) is 4.18. The zero-order valence-electron chi connectivity index (χ0n) is 12.5. The summed E-state index contributed by atoms with van der Waals surface area (Å²) in [7, 11) is 1.83. The van der Waals surface area contributed by atoms with Crippen molar-refractivity contribution < 1.29 is 4.79 Å². The first-order valence-electron chi connectivity index (χ1n) is 7.40. The highest BCUT2D eigenvalue weighted by molar-refractivity contribution is 5.93. The molecule has 6 heteroatoms. The van der Waals surface area contributed by atoms with Crippen molar-refractivity contribution in [3.63, 3.8) is 0 Å². The molecule has 1 amide bonds. The van der Waals surface area contributed by atoms with Gasteiger partial charge in [0.2, 0.25) is 0 Å². The van der Waals surface area contributed by atoms with E-state index in [9.17, 15) is 4.79 Å². The fraction of sp³-hybridized carbons (Fsp3) is 0.533. The lowest BCUT2D eigenvalue weighted by molar-refractivity contribution is 0.0672. The Bertz CT molecular complexity index is 630. The Kier molecular flexibility index (Phi) is 3.77. The van der Waals surface area contributed by atoms with Crippen LogP contribution in [0.1, 0.15) is 34.5 Å². The average Bonchev–Trinajstić information content (AvgIpc) is 3.08. The Hall–Kier alpha value is -2.11. The quantitative estimate of drug-likeness (QED) is 0.931. The van der Waals surface area contributed by atoms with Gasteiger partial charge in [-0.25, -0.2) is 0 Å². The molecular weight excluding hydrogens is 266 g/mol. The molecule has 3 rings (SSSR count). The van der Waals surface area contributed by atoms with Crippen LogP contribution in [0.5, 0.6) is 0 Å². The van der Waals surface area contributed by atoms with Crippen molar-refractivity contribution in [2.24, 2.45) is 13.0 Å². The number of aromatic amines is 1. The van der Waals surface area contributed by atoms with Gasteiger partial charge in [-0.1, -0.05) is 0 Å². The van der Waals surface area contributed by atoms with E-state index in [-0.39, 0.29) is 5.91 Å². The van der Waals surface area contributed by atoms with E-state index in [1.165, 1.54) is 11.3 Å². The van der Waals surface area contributed by atoms with E-state index in [0.29, 0.717) is 11.5 Å². The summed E-state index contributed by atoms with van der Waals surface area (Å²) in [5, 5.41) is 11.2. The minimum absolute atomic E-state index is 0.0918. The fourth-order valence-electron chi connectivity index (χ4n) is 3.00. The Morgan fingerprint density at radius 3 is 3.00 bits per heavy atom. The maximum Gasteiger partial charge on any atom is 0.257 e. The number of aryl methyl sites for hydroxylation is 2. The minimum Gasteiger partial charge on any atom is -0.338 e. The number of hydrogen-bond donors (Lipinski definition) is 1. The predicted molar refractivity (Wildman–Crippen MR) is 78.9 cm³/mol. The monoisotopic (exact) mass is 287 g/mol. The van der Waals surface area contributed by atoms with E-state index in [2.05, 4.69) is 22.2 Å². The van der Waals surface area contributed by atoms with E-state index in [1.54, 1.807) is 17.1 Å². The Labute approximate surface area is 124 Å². The van der Waals surface area contributed by atoms with Crippen LogP contribution >= 0.6 is 0 Å². The normalized spacial score (nSPS) is 19.0. The van der Waals surface area contributed by atoms with Gasteiger partial charge in [-0.05, 0) is 37.7 Å². The molecule has 0 saturated carbocycles. The molecule has 21 heavy (non-hydrogen) atoms. The van der Waals surface area contributed by atoms with Gasteiger partial charge in [0.1, 0.15) is 0 Å². The number of piperidine rings is 1. The first kappa shape index (κ1) is 13.9. The van der Waals surface area contributed by atoms with Crippen LogP contribution in [0.25, 0.3) is 0 Å². The average molecular weight is 287 g/mol. The van der Waals surface area contributed by atoms with Gasteiger partial charge >= 0.3 is 0 Å². The molecule has 0 radical (unpaired) electrons. The van der Waals surface area contributed by atoms with Gasteiger partial charge in [0.15, 0.2) is 0 Å². The maximum absolute atomic E-state index is 12.5. The standard InChI is InChI=1S/C15H21N5O/c1-11-7-16-18-14(11)6-12-4-3-5-20(9-12)15(21)13-8-17-19(2)10-13/h7-8,10,12H,3-6,9H2,1-2H3,(H,16,18)/t12-/m0/s1. The number of likely N-dealkylation sites (tertiary alicyclic amines) is 1. The summed E-state index contributed by atoms with van der Waals surface area (Å²) in [5.41, 5.74) is 3.07. The number of nitrogens with one attached hydrogen (secondary N) is 1. The van der Waals surface area contributed by atoms with Crippen LogP contribution in [-0.4, -0.2) is 43.9 Å². The molecule has 0 spiro atoms. The number of rotatable bonds is 3. The lowest BCUT2D eigenvalue weighted by Crippen LogP contribution is -2.40. The molecule has 112 valence electrons. The molecule has 0 aliphatic carbocycles. The third kappa shape index (κ3) is 2.99. The smallest absolute Gasteiger partial charge is 0.257 e. The second kappa shape index (κ2) is 5.71. The summed E-state index contributed by atoms with van der Waals surface area (Å²) < 4.78 is 1.67. The molecule has 3 heterocycles. The van der Waals surface area contributed by atoms with Crippen LogP contribution in [0.2, 0.25) is 0 Å². The topological polar surface area (TPSA) is 66.8 Å². The lowest BCUT2D eigenvalue weighted by Gasteiger charge is -2.32. The number of hydrogen-bond acceptors (Lipinski definition) is 3. The molecule has 1 aliphatic heterocycles. The van der Waals surface area contributed by atoms with Gasteiger partial charge in [-0.15, -0.1) is 0 Å². The molecule has 0 bridgehead atoms. The van der Waals surface area contributed by atoms with Gasteiger partial charge in [-0.3, -0.25) is 14.6 Å². The Balaban J connectivity index is 1.65. The summed E-state index contributed by atoms with van der Waals surface area (Å²) in [6.07, 6.45) is 8.47. The SMILES string of the molecule is Cc1cn[nH]c1C[C@@H]1CCCN(C(=O)c2cnn(C)c2)C1. The molecule has 0 aromatic carbocycles. The zero-order valence-corrected chi connectivity index (χ0v) is 12.5. The molecule has 2 aromatic heterocycles. The van der Waals surface area contributed by atoms with Crippen LogP contribution in [0.15, 0.2) is 18.6 Å². The number of amides is 1. The van der Waals surface area contributed by atoms with Crippen LogP contribution in [0, 0.1) is 12.8 Å². The second-order valence-corrected chi connectivity index (χ2v) is 5.90. The second-order valence-electron chi connectivity index (χ2n) is 5.90. The number of H-pyrrole nitrogens is 1. The summed E-state index contributed by atoms with van der Waals surface area (Å²) in [6.45, 7) is 3.72. The Morgan fingerprint density at radius 1 is 1.48 bits per heavy atom. The number of aromatic nitrogens is 4. The summed E-state index contributed by atoms with van der Waals surface area (Å²) in [6, 6.07) is 0. The zero-order chi connectivity index (χ0) is 14.8. The van der Waals surface area contributed by atoms with E-state index in [1.807, 2.05) is 18.1 Å². The third-order valence-electron chi connectivity index (χ3n) is 4.18. The van der Waals surface area contributed by atoms with E-state index < -0.39 is 0 Å². The van der Waals surface area contributed by atoms with E-state index >= 15 is 0 Å². The first-order valence-corrected chi connectivity index (χ1v) is 7.40. The fourth-order valence-corrected chi connectivity index (χ4v) is 3.00. The molecule has 6 nitrogen and oxygen atoms in total. The summed E-state index contributed by atoms with van der Waals surface area (Å²) >= 11 is 0. The largest absolute Gasteiger partial charge is 0.338 e. The van der Waals surface area contributed by atoms with Crippen LogP contribution in [0.4, 0.5) is 0 Å². The first-order chi connectivity index (χ1) is 10.1. The van der Waals surface area contributed by atoms with Gasteiger partial charge in [-0.2, -0.15) is 10.2 Å². The van der Waals surface area contributed by atoms with E-state index in [0.717, 1.165) is 32.4 Å². The summed E-state index contributed by atoms with van der Waals surface area (Å²) in [5.74, 6) is 0.590. The highest BCUT2D eigenvalue weighted by Gasteiger charge is 2.25. The van der Waals surface area contributed by atoms with Crippen molar-refractivity contribution in [1.29, 1.82) is 0 Å². The molecule has 1 aliphatic rings. The highest BCUT2D eigenvalue weighted by Crippen LogP contribution is 2.22. The summed E-state index contributed by atoms with van der Waals surface area (Å²) in [4.78, 5) is 14.4. The van der Waals surface area contributed by atoms with Gasteiger partial charge in [0.25, 0.3) is 5.91 Å². The number of carbonyl (C=O) groups excluding carboxylic acids is 1. The molecule has 0 unspecified atom stereocenters. The van der Waals surface area contributed by atoms with E-state index in [4.69, 9.17) is 0 Å². The van der Waals surface area contributed by atoms with Crippen molar-refractivity contribution in [2.75, 3.05) is 13.1 Å². The van der Waals surface area contributed by atoms with Crippen molar-refractivity contribution >= 4 is 5.91 Å². The van der Waals surface area contributed by atoms with Crippen LogP contribution < -0.4 is 0 Å². The van der Waals surface area contributed by atoms with Crippen LogP contribution in [0.3, 0.4) is 0 Å². The lowest BCUT2D eigenvalue weighted by atomic mass is 9.92. The molecule has 1 fully saturated rings. The molecule has 1 atom stereocenters. The predicted octanol–water partition coefficient (Wildman–Crippen LogP) is 1.55. The molecular formula is C15H21N5O. The minimum atomic E-state index is 0.0918. The number of nitrogens with zero attached hydrogens (tertiary/aromatic N) is 4.